The molecule has 1 unspecified atom stereocenters. The molecule has 0 spiro atoms. The molecule has 1 aliphatic heterocycles. The maximum atomic E-state index is 12.6. The maximum absolute atomic E-state index is 12.6. The summed E-state index contributed by atoms with van der Waals surface area (Å²) in [6.45, 7) is 9.15. The normalized spacial score (nSPS) is 18.8. The summed E-state index contributed by atoms with van der Waals surface area (Å²) in [5.74, 6) is 0.698. The standard InChI is InChI=1S/C17H24N2O3/c1-5-22-15-8-6-14(7-9-15)19-11-10-18(13(4)17(19)21)16(20)12(2)3/h6-9,12-13H,5,10-11H2,1-4H3. The minimum absolute atomic E-state index is 0.0344. The number of ether oxygens (including phenoxy) is 1. The Morgan fingerprint density at radius 3 is 2.45 bits per heavy atom. The number of benzene rings is 1. The highest BCUT2D eigenvalue weighted by atomic mass is 16.5. The largest absolute Gasteiger partial charge is 0.494 e. The number of hydrogen-bond donors (Lipinski definition) is 0. The van der Waals surface area contributed by atoms with Gasteiger partial charge in [-0.05, 0) is 38.1 Å². The van der Waals surface area contributed by atoms with E-state index in [2.05, 4.69) is 0 Å². The van der Waals surface area contributed by atoms with Crippen LogP contribution in [-0.2, 0) is 9.59 Å². The molecule has 2 amide bonds. The zero-order valence-corrected chi connectivity index (χ0v) is 13.7. The lowest BCUT2D eigenvalue weighted by atomic mass is 10.1. The third-order valence-electron chi connectivity index (χ3n) is 3.89. The predicted molar refractivity (Wildman–Crippen MR) is 86.0 cm³/mol. The smallest absolute Gasteiger partial charge is 0.249 e. The lowest BCUT2D eigenvalue weighted by Crippen LogP contribution is -2.58. The molecule has 5 heteroatoms. The maximum Gasteiger partial charge on any atom is 0.249 e. The van der Waals surface area contributed by atoms with Crippen LogP contribution in [0, 0.1) is 5.92 Å². The van der Waals surface area contributed by atoms with Gasteiger partial charge in [0.2, 0.25) is 11.8 Å². The number of carbonyl (C=O) groups excluding carboxylic acids is 2. The van der Waals surface area contributed by atoms with E-state index in [-0.39, 0.29) is 17.7 Å². The zero-order chi connectivity index (χ0) is 16.3. The van der Waals surface area contributed by atoms with Crippen molar-refractivity contribution >= 4 is 17.5 Å². The van der Waals surface area contributed by atoms with Crippen LogP contribution in [0.15, 0.2) is 24.3 Å². The molecule has 22 heavy (non-hydrogen) atoms. The first-order valence-corrected chi connectivity index (χ1v) is 7.80. The van der Waals surface area contributed by atoms with E-state index >= 15 is 0 Å². The number of rotatable bonds is 4. The fourth-order valence-electron chi connectivity index (χ4n) is 2.65. The molecule has 2 rings (SSSR count). The van der Waals surface area contributed by atoms with Gasteiger partial charge in [-0.25, -0.2) is 0 Å². The summed E-state index contributed by atoms with van der Waals surface area (Å²) in [5.41, 5.74) is 0.844. The molecule has 5 nitrogen and oxygen atoms in total. The summed E-state index contributed by atoms with van der Waals surface area (Å²) >= 11 is 0. The first kappa shape index (κ1) is 16.3. The molecule has 0 aromatic heterocycles. The van der Waals surface area contributed by atoms with Crippen LogP contribution in [0.25, 0.3) is 0 Å². The fourth-order valence-corrected chi connectivity index (χ4v) is 2.65. The van der Waals surface area contributed by atoms with Gasteiger partial charge in [-0.3, -0.25) is 9.59 Å². The van der Waals surface area contributed by atoms with E-state index in [1.807, 2.05) is 45.0 Å². The molecule has 0 bridgehead atoms. The molecule has 1 aliphatic rings. The first-order valence-electron chi connectivity index (χ1n) is 7.80. The highest BCUT2D eigenvalue weighted by molar-refractivity contribution is 6.00. The number of anilines is 1. The second-order valence-corrected chi connectivity index (χ2v) is 5.78. The monoisotopic (exact) mass is 304 g/mol. The molecule has 1 atom stereocenters. The Bertz CT molecular complexity index is 539. The average molecular weight is 304 g/mol. The summed E-state index contributed by atoms with van der Waals surface area (Å²) in [6, 6.07) is 7.07. The molecule has 1 heterocycles. The van der Waals surface area contributed by atoms with Gasteiger partial charge in [-0.15, -0.1) is 0 Å². The van der Waals surface area contributed by atoms with Gasteiger partial charge >= 0.3 is 0 Å². The first-order chi connectivity index (χ1) is 10.5. The molecule has 120 valence electrons. The Hall–Kier alpha value is -2.04. The minimum Gasteiger partial charge on any atom is -0.494 e. The number of nitrogens with zero attached hydrogens (tertiary/aromatic N) is 2. The van der Waals surface area contributed by atoms with Gasteiger partial charge in [0.25, 0.3) is 0 Å². The van der Waals surface area contributed by atoms with Crippen molar-refractivity contribution in [2.75, 3.05) is 24.6 Å². The molecule has 0 aliphatic carbocycles. The van der Waals surface area contributed by atoms with E-state index in [1.54, 1.807) is 16.7 Å². The van der Waals surface area contributed by atoms with Crippen LogP contribution in [0.4, 0.5) is 5.69 Å². The van der Waals surface area contributed by atoms with Gasteiger partial charge in [-0.1, -0.05) is 13.8 Å². The van der Waals surface area contributed by atoms with Crippen molar-refractivity contribution in [2.45, 2.75) is 33.7 Å². The van der Waals surface area contributed by atoms with Crippen molar-refractivity contribution in [3.63, 3.8) is 0 Å². The summed E-state index contributed by atoms with van der Waals surface area (Å²) in [7, 11) is 0. The number of amides is 2. The highest BCUT2D eigenvalue weighted by Crippen LogP contribution is 2.24. The van der Waals surface area contributed by atoms with Crippen LogP contribution in [0.5, 0.6) is 5.75 Å². The van der Waals surface area contributed by atoms with Crippen LogP contribution in [0.2, 0.25) is 0 Å². The summed E-state index contributed by atoms with van der Waals surface area (Å²) in [6.07, 6.45) is 0. The molecule has 0 radical (unpaired) electrons. The highest BCUT2D eigenvalue weighted by Gasteiger charge is 2.35. The molecule has 1 aromatic carbocycles. The van der Waals surface area contributed by atoms with Crippen LogP contribution in [0.1, 0.15) is 27.7 Å². The number of piperazine rings is 1. The topological polar surface area (TPSA) is 49.9 Å². The van der Waals surface area contributed by atoms with Crippen molar-refractivity contribution in [1.29, 1.82) is 0 Å². The second kappa shape index (κ2) is 6.81. The van der Waals surface area contributed by atoms with Gasteiger partial charge < -0.3 is 14.5 Å². The molecular weight excluding hydrogens is 280 g/mol. The van der Waals surface area contributed by atoms with Gasteiger partial charge in [0.15, 0.2) is 0 Å². The zero-order valence-electron chi connectivity index (χ0n) is 13.7. The van der Waals surface area contributed by atoms with Crippen LogP contribution in [0.3, 0.4) is 0 Å². The lowest BCUT2D eigenvalue weighted by molar-refractivity contribution is -0.143. The minimum atomic E-state index is -0.421. The van der Waals surface area contributed by atoms with Crippen LogP contribution < -0.4 is 9.64 Å². The number of hydrogen-bond acceptors (Lipinski definition) is 3. The van der Waals surface area contributed by atoms with Crippen LogP contribution >= 0.6 is 0 Å². The molecule has 0 N–H and O–H groups in total. The Labute approximate surface area is 131 Å². The van der Waals surface area contributed by atoms with E-state index in [4.69, 9.17) is 4.74 Å². The summed E-state index contributed by atoms with van der Waals surface area (Å²) < 4.78 is 5.41. The van der Waals surface area contributed by atoms with Crippen molar-refractivity contribution in [1.82, 2.24) is 4.90 Å². The molecule has 1 aromatic rings. The Morgan fingerprint density at radius 2 is 1.91 bits per heavy atom. The lowest BCUT2D eigenvalue weighted by Gasteiger charge is -2.39. The van der Waals surface area contributed by atoms with Gasteiger partial charge in [0, 0.05) is 24.7 Å². The molecule has 1 saturated heterocycles. The number of carbonyl (C=O) groups is 2. The van der Waals surface area contributed by atoms with Crippen molar-refractivity contribution < 1.29 is 14.3 Å². The third kappa shape index (κ3) is 3.24. The molecular formula is C17H24N2O3. The summed E-state index contributed by atoms with van der Waals surface area (Å²) in [4.78, 5) is 28.1. The van der Waals surface area contributed by atoms with Crippen LogP contribution in [-0.4, -0.2) is 42.5 Å². The van der Waals surface area contributed by atoms with Crippen molar-refractivity contribution in [3.05, 3.63) is 24.3 Å². The Morgan fingerprint density at radius 1 is 1.27 bits per heavy atom. The fraction of sp³-hybridized carbons (Fsp3) is 0.529. The molecule has 1 fully saturated rings. The quantitative estimate of drug-likeness (QED) is 0.857. The van der Waals surface area contributed by atoms with E-state index < -0.39 is 6.04 Å². The van der Waals surface area contributed by atoms with E-state index in [0.29, 0.717) is 19.7 Å². The van der Waals surface area contributed by atoms with E-state index in [0.717, 1.165) is 11.4 Å². The van der Waals surface area contributed by atoms with Crippen molar-refractivity contribution in [2.24, 2.45) is 5.92 Å². The molecule has 0 saturated carbocycles. The SMILES string of the molecule is CCOc1ccc(N2CCN(C(=O)C(C)C)C(C)C2=O)cc1. The van der Waals surface area contributed by atoms with Crippen molar-refractivity contribution in [3.8, 4) is 5.75 Å². The summed E-state index contributed by atoms with van der Waals surface area (Å²) in [5, 5.41) is 0. The van der Waals surface area contributed by atoms with E-state index in [1.165, 1.54) is 0 Å². The Balaban J connectivity index is 2.12. The van der Waals surface area contributed by atoms with Gasteiger partial charge in [0.05, 0.1) is 6.61 Å². The predicted octanol–water partition coefficient (Wildman–Crippen LogP) is 2.31. The second-order valence-electron chi connectivity index (χ2n) is 5.78. The average Bonchev–Trinajstić information content (AvgIpc) is 2.50. The third-order valence-corrected chi connectivity index (χ3v) is 3.89. The Kier molecular flexibility index (Phi) is 5.06. The van der Waals surface area contributed by atoms with E-state index in [9.17, 15) is 9.59 Å². The van der Waals surface area contributed by atoms with Gasteiger partial charge in [-0.2, -0.15) is 0 Å². The van der Waals surface area contributed by atoms with Gasteiger partial charge in [0.1, 0.15) is 11.8 Å².